The second-order valence-corrected chi connectivity index (χ2v) is 2.48. The monoisotopic (exact) mass is 223 g/mol. The van der Waals surface area contributed by atoms with Crippen molar-refractivity contribution in [1.29, 1.82) is 0 Å². The maximum atomic E-state index is 12.5. The highest BCUT2D eigenvalue weighted by Crippen LogP contribution is 2.22. The van der Waals surface area contributed by atoms with E-state index in [2.05, 4.69) is 4.74 Å². The number of alkyl halides is 2. The number of rotatable bonds is 3. The molecule has 7 heteroatoms. The second kappa shape index (κ2) is 3.76. The number of carbonyl (C=O) groups is 1. The number of hydrogen-bond acceptors (Lipinski definition) is 3. The van der Waals surface area contributed by atoms with Gasteiger partial charge in [0.2, 0.25) is 0 Å². The van der Waals surface area contributed by atoms with Crippen LogP contribution in [0, 0.1) is 11.6 Å². The van der Waals surface area contributed by atoms with Crippen molar-refractivity contribution in [2.75, 3.05) is 0 Å². The van der Waals surface area contributed by atoms with Crippen molar-refractivity contribution in [3.63, 3.8) is 0 Å². The average Bonchev–Trinajstić information content (AvgIpc) is 2.10. The second-order valence-electron chi connectivity index (χ2n) is 2.48. The largest absolute Gasteiger partial charge is 0.541 e. The Bertz CT molecular complexity index is 391. The molecule has 1 aromatic carbocycles. The fourth-order valence-corrected chi connectivity index (χ4v) is 0.730. The Hall–Kier alpha value is -1.79. The lowest BCUT2D eigenvalue weighted by molar-refractivity contribution is -0.350. The van der Waals surface area contributed by atoms with Gasteiger partial charge in [-0.25, -0.2) is 8.78 Å². The van der Waals surface area contributed by atoms with Crippen molar-refractivity contribution in [3.05, 3.63) is 29.8 Å². The fourth-order valence-electron chi connectivity index (χ4n) is 0.730. The molecule has 0 bridgehead atoms. The number of hydrogen-bond donors (Lipinski definition) is 0. The van der Waals surface area contributed by atoms with Crippen LogP contribution in [0.15, 0.2) is 18.2 Å². The van der Waals surface area contributed by atoms with Gasteiger partial charge < -0.3 is 14.6 Å². The summed E-state index contributed by atoms with van der Waals surface area (Å²) < 4.78 is 53.2. The minimum Gasteiger partial charge on any atom is -0.541 e. The third-order valence-corrected chi connectivity index (χ3v) is 1.37. The molecular formula is C8H3F4O3-. The molecule has 0 amide bonds. The van der Waals surface area contributed by atoms with E-state index in [1.807, 2.05) is 0 Å². The van der Waals surface area contributed by atoms with Crippen LogP contribution in [0.3, 0.4) is 0 Å². The number of carbonyl (C=O) groups excluding carboxylic acids is 1. The first kappa shape index (κ1) is 11.3. The molecule has 0 aliphatic carbocycles. The average molecular weight is 223 g/mol. The van der Waals surface area contributed by atoms with Crippen molar-refractivity contribution in [2.45, 2.75) is 6.11 Å². The molecule has 3 nitrogen and oxygen atoms in total. The third-order valence-electron chi connectivity index (χ3n) is 1.37. The van der Waals surface area contributed by atoms with Crippen molar-refractivity contribution in [1.82, 2.24) is 0 Å². The molecular weight excluding hydrogens is 220 g/mol. The first-order valence-corrected chi connectivity index (χ1v) is 3.56. The summed E-state index contributed by atoms with van der Waals surface area (Å²) >= 11 is 0. The summed E-state index contributed by atoms with van der Waals surface area (Å²) in [7, 11) is 0. The number of benzene rings is 1. The maximum absolute atomic E-state index is 12.5. The Morgan fingerprint density at radius 3 is 2.33 bits per heavy atom. The predicted molar refractivity (Wildman–Crippen MR) is 36.9 cm³/mol. The summed E-state index contributed by atoms with van der Waals surface area (Å²) in [5.74, 6) is -6.28. The van der Waals surface area contributed by atoms with Gasteiger partial charge in [-0.05, 0) is 12.1 Å². The lowest BCUT2D eigenvalue weighted by Crippen LogP contribution is -2.45. The van der Waals surface area contributed by atoms with Crippen LogP contribution < -0.4 is 9.84 Å². The first-order valence-electron chi connectivity index (χ1n) is 3.56. The molecule has 0 N–H and O–H groups in total. The van der Waals surface area contributed by atoms with E-state index in [4.69, 9.17) is 0 Å². The smallest absolute Gasteiger partial charge is 0.441 e. The van der Waals surface area contributed by atoms with Gasteiger partial charge in [0, 0.05) is 6.07 Å². The molecule has 0 saturated heterocycles. The number of halogens is 4. The zero-order chi connectivity index (χ0) is 11.6. The molecule has 0 saturated carbocycles. The van der Waals surface area contributed by atoms with Crippen molar-refractivity contribution in [2.24, 2.45) is 0 Å². The van der Waals surface area contributed by atoms with Crippen LogP contribution in [0.25, 0.3) is 0 Å². The van der Waals surface area contributed by atoms with Crippen molar-refractivity contribution < 1.29 is 32.2 Å². The van der Waals surface area contributed by atoms with Gasteiger partial charge in [-0.1, -0.05) is 0 Å². The topological polar surface area (TPSA) is 49.4 Å². The molecule has 82 valence electrons. The highest BCUT2D eigenvalue weighted by Gasteiger charge is 2.34. The predicted octanol–water partition coefficient (Wildman–Crippen LogP) is 0.686. The molecule has 0 unspecified atom stereocenters. The van der Waals surface area contributed by atoms with Crippen LogP contribution in [0.4, 0.5) is 17.6 Å². The highest BCUT2D eigenvalue weighted by molar-refractivity contribution is 5.71. The first-order chi connectivity index (χ1) is 6.83. The molecule has 0 heterocycles. The quantitative estimate of drug-likeness (QED) is 0.708. The molecule has 0 aromatic heterocycles. The Labute approximate surface area is 80.9 Å². The van der Waals surface area contributed by atoms with Crippen LogP contribution in [-0.4, -0.2) is 12.1 Å². The molecule has 1 rings (SSSR count). The summed E-state index contributed by atoms with van der Waals surface area (Å²) in [5, 5.41) is 9.82. The van der Waals surface area contributed by atoms with Crippen LogP contribution in [0.5, 0.6) is 5.75 Å². The van der Waals surface area contributed by atoms with Gasteiger partial charge in [-0.15, -0.1) is 0 Å². The van der Waals surface area contributed by atoms with Crippen LogP contribution in [-0.2, 0) is 4.79 Å². The normalized spacial score (nSPS) is 11.2. The van der Waals surface area contributed by atoms with Gasteiger partial charge in [0.05, 0.1) is 0 Å². The molecule has 0 atom stereocenters. The Balaban J connectivity index is 2.91. The van der Waals surface area contributed by atoms with Crippen molar-refractivity contribution >= 4 is 5.97 Å². The lowest BCUT2D eigenvalue weighted by atomic mass is 10.3. The van der Waals surface area contributed by atoms with E-state index in [-0.39, 0.29) is 0 Å². The van der Waals surface area contributed by atoms with Gasteiger partial charge in [-0.2, -0.15) is 8.78 Å². The number of carboxylic acid groups (broad SMARTS) is 1. The van der Waals surface area contributed by atoms with E-state index < -0.39 is 29.5 Å². The summed E-state index contributed by atoms with van der Waals surface area (Å²) in [6.07, 6.45) is -4.59. The number of aliphatic carboxylic acids is 1. The highest BCUT2D eigenvalue weighted by atomic mass is 19.3. The van der Waals surface area contributed by atoms with Gasteiger partial charge in [0.1, 0.15) is 5.75 Å². The molecule has 15 heavy (non-hydrogen) atoms. The van der Waals surface area contributed by atoms with Crippen LogP contribution in [0.1, 0.15) is 0 Å². The maximum Gasteiger partial charge on any atom is 0.441 e. The summed E-state index contributed by atoms with van der Waals surface area (Å²) in [4.78, 5) is 9.82. The van der Waals surface area contributed by atoms with E-state index in [0.29, 0.717) is 18.2 Å². The number of ether oxygens (including phenoxy) is 1. The Kier molecular flexibility index (Phi) is 2.83. The van der Waals surface area contributed by atoms with Crippen LogP contribution >= 0.6 is 0 Å². The van der Waals surface area contributed by atoms with Gasteiger partial charge in [-0.3, -0.25) is 0 Å². The van der Waals surface area contributed by atoms with Crippen LogP contribution in [0.2, 0.25) is 0 Å². The van der Waals surface area contributed by atoms with E-state index in [0.717, 1.165) is 0 Å². The molecule has 0 aliphatic rings. The summed E-state index contributed by atoms with van der Waals surface area (Å²) in [5.41, 5.74) is 0. The van der Waals surface area contributed by atoms with E-state index in [9.17, 15) is 27.5 Å². The van der Waals surface area contributed by atoms with Gasteiger partial charge >= 0.3 is 6.11 Å². The molecule has 1 aromatic rings. The third kappa shape index (κ3) is 2.58. The summed E-state index contributed by atoms with van der Waals surface area (Å²) in [6, 6.07) is 1.48. The molecule has 0 spiro atoms. The molecule has 0 fully saturated rings. The Morgan fingerprint density at radius 2 is 1.87 bits per heavy atom. The fraction of sp³-hybridized carbons (Fsp3) is 0.125. The molecule has 0 aliphatic heterocycles. The van der Waals surface area contributed by atoms with E-state index >= 15 is 0 Å². The summed E-state index contributed by atoms with van der Waals surface area (Å²) in [6.45, 7) is 0. The standard InChI is InChI=1S/C8H4F4O3/c9-5-2-1-4(3-6(5)10)15-8(11,12)7(13)14/h1-3H,(H,13,14)/p-1. The lowest BCUT2D eigenvalue weighted by Gasteiger charge is -2.18. The van der Waals surface area contributed by atoms with Gasteiger partial charge in [0.25, 0.3) is 0 Å². The Morgan fingerprint density at radius 1 is 1.27 bits per heavy atom. The van der Waals surface area contributed by atoms with Gasteiger partial charge in [0.15, 0.2) is 17.6 Å². The number of carboxylic acids is 1. The van der Waals surface area contributed by atoms with Crippen molar-refractivity contribution in [3.8, 4) is 5.75 Å². The zero-order valence-corrected chi connectivity index (χ0v) is 6.97. The minimum atomic E-state index is -4.59. The zero-order valence-electron chi connectivity index (χ0n) is 6.97. The van der Waals surface area contributed by atoms with E-state index in [1.54, 1.807) is 0 Å². The van der Waals surface area contributed by atoms with E-state index in [1.165, 1.54) is 0 Å². The molecule has 0 radical (unpaired) electrons. The minimum absolute atomic E-state index is 0.298. The SMILES string of the molecule is O=C([O-])C(F)(F)Oc1ccc(F)c(F)c1.